The summed E-state index contributed by atoms with van der Waals surface area (Å²) in [5.41, 5.74) is -0.451. The number of ether oxygens (including phenoxy) is 1. The van der Waals surface area contributed by atoms with Crippen molar-refractivity contribution in [3.05, 3.63) is 64.4 Å². The van der Waals surface area contributed by atoms with Crippen molar-refractivity contribution in [1.82, 2.24) is 0 Å². The third-order valence-corrected chi connectivity index (χ3v) is 2.80. The van der Waals surface area contributed by atoms with Gasteiger partial charge in [0.05, 0.1) is 10.6 Å². The van der Waals surface area contributed by atoms with E-state index in [4.69, 9.17) is 16.3 Å². The molecular formula is C14H8ClF3O2. The van der Waals surface area contributed by atoms with Crippen LogP contribution in [0, 0.1) is 17.5 Å². The van der Waals surface area contributed by atoms with E-state index in [9.17, 15) is 18.0 Å². The Morgan fingerprint density at radius 2 is 1.90 bits per heavy atom. The normalized spacial score (nSPS) is 10.4. The molecule has 0 aliphatic heterocycles. The van der Waals surface area contributed by atoms with E-state index in [-0.39, 0.29) is 10.8 Å². The first-order valence-electron chi connectivity index (χ1n) is 5.54. The highest BCUT2D eigenvalue weighted by atomic mass is 35.5. The largest absolute Gasteiger partial charge is 0.482 e. The molecule has 2 nitrogen and oxygen atoms in total. The van der Waals surface area contributed by atoms with Crippen LogP contribution in [0.4, 0.5) is 13.2 Å². The van der Waals surface area contributed by atoms with Gasteiger partial charge in [0.1, 0.15) is 11.6 Å². The number of benzene rings is 2. The Hall–Kier alpha value is -2.01. The van der Waals surface area contributed by atoms with Crippen LogP contribution in [-0.4, -0.2) is 12.4 Å². The van der Waals surface area contributed by atoms with E-state index >= 15 is 0 Å². The van der Waals surface area contributed by atoms with Crippen molar-refractivity contribution >= 4 is 17.4 Å². The van der Waals surface area contributed by atoms with Gasteiger partial charge in [-0.3, -0.25) is 4.79 Å². The fourth-order valence-corrected chi connectivity index (χ4v) is 1.69. The number of hydrogen-bond acceptors (Lipinski definition) is 2. The van der Waals surface area contributed by atoms with Crippen LogP contribution in [0.15, 0.2) is 36.4 Å². The monoisotopic (exact) mass is 300 g/mol. The Labute approximate surface area is 117 Å². The molecule has 0 saturated heterocycles. The summed E-state index contributed by atoms with van der Waals surface area (Å²) in [6.45, 7) is -0.627. The number of hydrogen-bond donors (Lipinski definition) is 0. The van der Waals surface area contributed by atoms with Gasteiger partial charge in [0, 0.05) is 0 Å². The highest BCUT2D eigenvalue weighted by Crippen LogP contribution is 2.24. The van der Waals surface area contributed by atoms with Gasteiger partial charge >= 0.3 is 0 Å². The summed E-state index contributed by atoms with van der Waals surface area (Å²) in [5, 5.41) is -0.160. The SMILES string of the molecule is O=C(COc1cccc(Cl)c1F)c1cc(F)ccc1F. The molecule has 0 amide bonds. The maximum atomic E-state index is 13.5. The molecule has 0 saturated carbocycles. The molecule has 0 heterocycles. The molecule has 104 valence electrons. The predicted molar refractivity (Wildman–Crippen MR) is 67.6 cm³/mol. The lowest BCUT2D eigenvalue weighted by atomic mass is 10.1. The Morgan fingerprint density at radius 3 is 2.65 bits per heavy atom. The van der Waals surface area contributed by atoms with E-state index in [1.165, 1.54) is 18.2 Å². The minimum absolute atomic E-state index is 0.160. The van der Waals surface area contributed by atoms with E-state index in [2.05, 4.69) is 0 Å². The first-order chi connectivity index (χ1) is 9.49. The van der Waals surface area contributed by atoms with Gasteiger partial charge in [-0.15, -0.1) is 0 Å². The van der Waals surface area contributed by atoms with Crippen LogP contribution in [0.3, 0.4) is 0 Å². The number of carbonyl (C=O) groups excluding carboxylic acids is 1. The molecule has 0 N–H and O–H groups in total. The fourth-order valence-electron chi connectivity index (χ4n) is 1.53. The van der Waals surface area contributed by atoms with Gasteiger partial charge < -0.3 is 4.74 Å². The average molecular weight is 301 g/mol. The number of ketones is 1. The van der Waals surface area contributed by atoms with Crippen molar-refractivity contribution in [1.29, 1.82) is 0 Å². The summed E-state index contributed by atoms with van der Waals surface area (Å²) in [7, 11) is 0. The number of Topliss-reactive ketones (excluding diaryl/α,β-unsaturated/α-hetero) is 1. The Morgan fingerprint density at radius 1 is 1.15 bits per heavy atom. The second-order valence-corrected chi connectivity index (χ2v) is 4.30. The molecule has 0 unspecified atom stereocenters. The summed E-state index contributed by atoms with van der Waals surface area (Å²) in [4.78, 5) is 11.7. The lowest BCUT2D eigenvalue weighted by Gasteiger charge is -2.08. The van der Waals surface area contributed by atoms with Gasteiger partial charge in [0.15, 0.2) is 18.2 Å². The van der Waals surface area contributed by atoms with Gasteiger partial charge in [0.25, 0.3) is 0 Å². The minimum Gasteiger partial charge on any atom is -0.482 e. The van der Waals surface area contributed by atoms with E-state index in [0.717, 1.165) is 18.2 Å². The number of halogens is 4. The van der Waals surface area contributed by atoms with Gasteiger partial charge in [-0.05, 0) is 30.3 Å². The molecule has 0 bridgehead atoms. The average Bonchev–Trinajstić information content (AvgIpc) is 2.43. The highest BCUT2D eigenvalue weighted by molar-refractivity contribution is 6.30. The van der Waals surface area contributed by atoms with Gasteiger partial charge in [-0.1, -0.05) is 17.7 Å². The van der Waals surface area contributed by atoms with Crippen molar-refractivity contribution in [2.45, 2.75) is 0 Å². The van der Waals surface area contributed by atoms with Crippen LogP contribution in [-0.2, 0) is 0 Å². The van der Waals surface area contributed by atoms with Gasteiger partial charge in [-0.2, -0.15) is 0 Å². The Balaban J connectivity index is 2.13. The second kappa shape index (κ2) is 5.96. The molecule has 2 aromatic rings. The predicted octanol–water partition coefficient (Wildman–Crippen LogP) is 4.02. The highest BCUT2D eigenvalue weighted by Gasteiger charge is 2.15. The molecule has 2 aromatic carbocycles. The standard InChI is InChI=1S/C14H8ClF3O2/c15-10-2-1-3-13(14(10)18)20-7-12(19)9-6-8(16)4-5-11(9)17/h1-6H,7H2. The van der Waals surface area contributed by atoms with Crippen molar-refractivity contribution in [3.8, 4) is 5.75 Å². The van der Waals surface area contributed by atoms with Crippen LogP contribution < -0.4 is 4.74 Å². The molecule has 0 atom stereocenters. The molecule has 0 aliphatic rings. The third-order valence-electron chi connectivity index (χ3n) is 2.50. The van der Waals surface area contributed by atoms with Crippen molar-refractivity contribution < 1.29 is 22.7 Å². The molecule has 20 heavy (non-hydrogen) atoms. The van der Waals surface area contributed by atoms with Gasteiger partial charge in [0.2, 0.25) is 5.78 Å². The fraction of sp³-hybridized carbons (Fsp3) is 0.0714. The summed E-state index contributed by atoms with van der Waals surface area (Å²) >= 11 is 5.54. The molecule has 0 spiro atoms. The van der Waals surface area contributed by atoms with Crippen LogP contribution in [0.2, 0.25) is 5.02 Å². The van der Waals surface area contributed by atoms with E-state index in [0.29, 0.717) is 0 Å². The smallest absolute Gasteiger partial charge is 0.203 e. The third kappa shape index (κ3) is 3.11. The molecule has 0 radical (unpaired) electrons. The number of rotatable bonds is 4. The first-order valence-corrected chi connectivity index (χ1v) is 5.92. The van der Waals surface area contributed by atoms with Crippen LogP contribution in [0.25, 0.3) is 0 Å². The van der Waals surface area contributed by atoms with Crippen molar-refractivity contribution in [3.63, 3.8) is 0 Å². The summed E-state index contributed by atoms with van der Waals surface area (Å²) < 4.78 is 44.7. The zero-order valence-electron chi connectivity index (χ0n) is 10.00. The molecule has 6 heteroatoms. The van der Waals surface area contributed by atoms with Crippen molar-refractivity contribution in [2.75, 3.05) is 6.61 Å². The van der Waals surface area contributed by atoms with Gasteiger partial charge in [-0.25, -0.2) is 13.2 Å². The number of carbonyl (C=O) groups is 1. The quantitative estimate of drug-likeness (QED) is 0.797. The van der Waals surface area contributed by atoms with Crippen LogP contribution in [0.1, 0.15) is 10.4 Å². The molecule has 2 rings (SSSR count). The van der Waals surface area contributed by atoms with Crippen LogP contribution >= 0.6 is 11.6 Å². The van der Waals surface area contributed by atoms with Crippen molar-refractivity contribution in [2.24, 2.45) is 0 Å². The first kappa shape index (κ1) is 14.4. The molecule has 0 fully saturated rings. The molecular weight excluding hydrogens is 293 g/mol. The topological polar surface area (TPSA) is 26.3 Å². The second-order valence-electron chi connectivity index (χ2n) is 3.89. The lowest BCUT2D eigenvalue weighted by Crippen LogP contribution is -2.14. The Kier molecular flexibility index (Phi) is 4.29. The molecule has 0 aromatic heterocycles. The van der Waals surface area contributed by atoms with Crippen LogP contribution in [0.5, 0.6) is 5.75 Å². The molecule has 0 aliphatic carbocycles. The zero-order valence-corrected chi connectivity index (χ0v) is 10.8. The maximum Gasteiger partial charge on any atom is 0.203 e. The Bertz CT molecular complexity index is 659. The van der Waals surface area contributed by atoms with E-state index in [1.807, 2.05) is 0 Å². The minimum atomic E-state index is -0.869. The lowest BCUT2D eigenvalue weighted by molar-refractivity contribution is 0.0914. The summed E-state index contributed by atoms with van der Waals surface area (Å²) in [6, 6.07) is 6.52. The zero-order chi connectivity index (χ0) is 14.7. The van der Waals surface area contributed by atoms with E-state index < -0.39 is 35.4 Å². The van der Waals surface area contributed by atoms with E-state index in [1.54, 1.807) is 0 Å². The summed E-state index contributed by atoms with van der Waals surface area (Å²) in [6.07, 6.45) is 0. The maximum absolute atomic E-state index is 13.5. The summed E-state index contributed by atoms with van der Waals surface area (Å²) in [5.74, 6) is -3.47.